The van der Waals surface area contributed by atoms with Crippen LogP contribution in [0.3, 0.4) is 0 Å². The SMILES string of the molecule is CC(C)C[C@H](NC(=O)[C@H](Cc1ccc(O)cc1)NC(=O)OCCOCCCOC(=O)CCC/C=C\C[C@@H]1[C@@H](/C=C/[C@@H](O)CCc2ccccc2)[C@H](O)C[C@@H]1O)C(=O)NCC(=O)N[C@@H](C)C(=O)O. The molecule has 67 heavy (non-hydrogen) atoms. The van der Waals surface area contributed by atoms with Crippen molar-refractivity contribution < 1.29 is 68.5 Å². The van der Waals surface area contributed by atoms with Crippen molar-refractivity contribution in [3.63, 3.8) is 0 Å². The number of aromatic hydroxyl groups is 1. The second-order valence-electron chi connectivity index (χ2n) is 17.1. The molecule has 0 radical (unpaired) electrons. The number of allylic oxidation sites excluding steroid dienone is 2. The van der Waals surface area contributed by atoms with Gasteiger partial charge in [-0.3, -0.25) is 24.0 Å². The number of hydrogen-bond acceptors (Lipinski definition) is 13. The molecule has 18 nitrogen and oxygen atoms in total. The number of nitrogens with one attached hydrogen (secondary N) is 4. The molecule has 0 saturated heterocycles. The second kappa shape index (κ2) is 30.5. The van der Waals surface area contributed by atoms with Gasteiger partial charge in [-0.15, -0.1) is 0 Å². The Kier molecular flexibility index (Phi) is 25.2. The quantitative estimate of drug-likeness (QED) is 0.0309. The molecule has 1 fully saturated rings. The highest BCUT2D eigenvalue weighted by atomic mass is 16.6. The smallest absolute Gasteiger partial charge is 0.407 e. The normalized spacial score (nSPS) is 18.8. The fourth-order valence-corrected chi connectivity index (χ4v) is 7.35. The molecule has 1 aliphatic carbocycles. The van der Waals surface area contributed by atoms with Crippen LogP contribution < -0.4 is 21.3 Å². The lowest BCUT2D eigenvalue weighted by molar-refractivity contribution is -0.144. The van der Waals surface area contributed by atoms with E-state index in [9.17, 15) is 49.2 Å². The lowest BCUT2D eigenvalue weighted by atomic mass is 9.89. The molecule has 0 heterocycles. The maximum Gasteiger partial charge on any atom is 0.407 e. The van der Waals surface area contributed by atoms with Gasteiger partial charge < -0.3 is 61.0 Å². The molecule has 18 heteroatoms. The number of benzene rings is 2. The number of phenols is 1. The molecular formula is C49H70N4O14. The number of aliphatic hydroxyl groups is 3. The number of unbranched alkanes of at least 4 members (excludes halogenated alkanes) is 1. The Morgan fingerprint density at radius 1 is 0.791 bits per heavy atom. The van der Waals surface area contributed by atoms with Crippen molar-refractivity contribution in [3.8, 4) is 5.75 Å². The molecular weight excluding hydrogens is 869 g/mol. The summed E-state index contributed by atoms with van der Waals surface area (Å²) in [5.74, 6) is -4.26. The molecule has 0 unspecified atom stereocenters. The van der Waals surface area contributed by atoms with Crippen LogP contribution in [0.25, 0.3) is 0 Å². The molecule has 4 amide bonds. The van der Waals surface area contributed by atoms with Crippen LogP contribution in [-0.4, -0.2) is 131 Å². The largest absolute Gasteiger partial charge is 0.508 e. The van der Waals surface area contributed by atoms with E-state index in [1.807, 2.05) is 62.4 Å². The van der Waals surface area contributed by atoms with E-state index in [1.165, 1.54) is 19.1 Å². The van der Waals surface area contributed by atoms with E-state index < -0.39 is 72.8 Å². The van der Waals surface area contributed by atoms with E-state index in [4.69, 9.17) is 19.3 Å². The van der Waals surface area contributed by atoms with Gasteiger partial charge in [-0.1, -0.05) is 80.6 Å². The minimum atomic E-state index is -1.25. The van der Waals surface area contributed by atoms with Crippen molar-refractivity contribution >= 4 is 35.8 Å². The molecule has 8 atom stereocenters. The van der Waals surface area contributed by atoms with Crippen molar-refractivity contribution in [2.24, 2.45) is 17.8 Å². The number of aliphatic hydroxyl groups excluding tert-OH is 3. The molecule has 1 aliphatic rings. The van der Waals surface area contributed by atoms with Crippen LogP contribution >= 0.6 is 0 Å². The number of amides is 4. The second-order valence-corrected chi connectivity index (χ2v) is 17.1. The van der Waals surface area contributed by atoms with E-state index in [0.29, 0.717) is 37.7 Å². The summed E-state index contributed by atoms with van der Waals surface area (Å²) in [5.41, 5.74) is 1.72. The molecule has 9 N–H and O–H groups in total. The van der Waals surface area contributed by atoms with Crippen LogP contribution in [0.5, 0.6) is 5.75 Å². The summed E-state index contributed by atoms with van der Waals surface area (Å²) in [4.78, 5) is 74.8. The molecule has 0 bridgehead atoms. The lowest BCUT2D eigenvalue weighted by Gasteiger charge is -2.24. The summed E-state index contributed by atoms with van der Waals surface area (Å²) in [6, 6.07) is 12.4. The fourth-order valence-electron chi connectivity index (χ4n) is 7.35. The average Bonchev–Trinajstić information content (AvgIpc) is 3.56. The number of aryl methyl sites for hydroxylation is 1. The Bertz CT molecular complexity index is 1890. The molecule has 1 saturated carbocycles. The van der Waals surface area contributed by atoms with Crippen molar-refractivity contribution in [1.29, 1.82) is 0 Å². The maximum absolute atomic E-state index is 13.5. The molecule has 3 rings (SSSR count). The number of carbonyl (C=O) groups is 6. The van der Waals surface area contributed by atoms with Crippen molar-refractivity contribution in [2.75, 3.05) is 33.0 Å². The highest BCUT2D eigenvalue weighted by molar-refractivity contribution is 5.93. The number of phenolic OH excluding ortho intramolecular Hbond substituents is 1. The topological polar surface area (TPSA) is 279 Å². The van der Waals surface area contributed by atoms with Gasteiger partial charge in [-0.2, -0.15) is 0 Å². The number of ether oxygens (including phenoxy) is 3. The Hall–Kier alpha value is -5.82. The average molecular weight is 939 g/mol. The Morgan fingerprint density at radius 2 is 1.52 bits per heavy atom. The third-order valence-corrected chi connectivity index (χ3v) is 11.0. The monoisotopic (exact) mass is 938 g/mol. The van der Waals surface area contributed by atoms with Crippen LogP contribution in [0.15, 0.2) is 78.9 Å². The summed E-state index contributed by atoms with van der Waals surface area (Å²) in [5, 5.41) is 60.1. The van der Waals surface area contributed by atoms with Crippen molar-refractivity contribution in [2.45, 2.75) is 121 Å². The highest BCUT2D eigenvalue weighted by Crippen LogP contribution is 2.36. The first-order valence-corrected chi connectivity index (χ1v) is 23.0. The Morgan fingerprint density at radius 3 is 2.22 bits per heavy atom. The van der Waals surface area contributed by atoms with Gasteiger partial charge in [0.05, 0.1) is 38.1 Å². The zero-order valence-corrected chi connectivity index (χ0v) is 38.7. The van der Waals surface area contributed by atoms with E-state index in [1.54, 1.807) is 18.2 Å². The van der Waals surface area contributed by atoms with E-state index >= 15 is 0 Å². The minimum absolute atomic E-state index is 0.00124. The minimum Gasteiger partial charge on any atom is -0.508 e. The lowest BCUT2D eigenvalue weighted by Crippen LogP contribution is -2.55. The van der Waals surface area contributed by atoms with Crippen molar-refractivity contribution in [3.05, 3.63) is 90.0 Å². The number of hydrogen-bond donors (Lipinski definition) is 9. The predicted octanol–water partition coefficient (Wildman–Crippen LogP) is 3.24. The third kappa shape index (κ3) is 22.5. The van der Waals surface area contributed by atoms with Crippen LogP contribution in [0.4, 0.5) is 4.79 Å². The van der Waals surface area contributed by atoms with Gasteiger partial charge in [0.2, 0.25) is 17.7 Å². The summed E-state index contributed by atoms with van der Waals surface area (Å²) in [7, 11) is 0. The summed E-state index contributed by atoms with van der Waals surface area (Å²) < 4.78 is 16.0. The van der Waals surface area contributed by atoms with Crippen LogP contribution in [0, 0.1) is 17.8 Å². The van der Waals surface area contributed by atoms with Crippen molar-refractivity contribution in [1.82, 2.24) is 21.3 Å². The zero-order valence-electron chi connectivity index (χ0n) is 38.7. The van der Waals surface area contributed by atoms with Crippen LogP contribution in [0.1, 0.15) is 83.3 Å². The number of alkyl carbamates (subject to hydrolysis) is 1. The summed E-state index contributed by atoms with van der Waals surface area (Å²) >= 11 is 0. The predicted molar refractivity (Wildman–Crippen MR) is 247 cm³/mol. The van der Waals surface area contributed by atoms with E-state index in [0.717, 1.165) is 12.0 Å². The Balaban J connectivity index is 1.33. The van der Waals surface area contributed by atoms with Gasteiger partial charge in [0.1, 0.15) is 30.5 Å². The van der Waals surface area contributed by atoms with Gasteiger partial charge in [-0.25, -0.2) is 4.79 Å². The van der Waals surface area contributed by atoms with Crippen LogP contribution in [-0.2, 0) is 51.0 Å². The molecule has 0 aliphatic heterocycles. The first-order valence-electron chi connectivity index (χ1n) is 23.0. The molecule has 370 valence electrons. The molecule has 2 aromatic rings. The van der Waals surface area contributed by atoms with E-state index in [2.05, 4.69) is 21.3 Å². The number of esters is 1. The standard InChI is InChI=1S/C49H70N4O14/c1-32(2)28-40(46(60)50-31-44(58)51-33(3)48(62)63)52-47(61)41(29-35-17-20-36(54)21-18-35)53-49(64)67-27-26-65-24-11-25-66-45(59)15-10-5-4-9-14-38-39(43(57)30-42(38)56)23-22-37(55)19-16-34-12-7-6-8-13-34/h4,6-9,12-13,17-18,20-23,32-33,37-43,54-57H,5,10-11,14-16,19,24-31H2,1-3H3,(H,50,60)(H,51,58)(H,52,61)(H,53,64)(H,62,63)/b9-4-,23-22+/t33-,37-,38+,39+,40-,41-,42-,43+/m0/s1. The van der Waals surface area contributed by atoms with Gasteiger partial charge in [0, 0.05) is 38.2 Å². The van der Waals surface area contributed by atoms with Gasteiger partial charge in [-0.05, 0) is 80.5 Å². The van der Waals surface area contributed by atoms with Crippen LogP contribution in [0.2, 0.25) is 0 Å². The first kappa shape index (κ1) is 55.5. The maximum atomic E-state index is 13.5. The zero-order chi connectivity index (χ0) is 49.1. The number of carboxylic acid groups (broad SMARTS) is 1. The molecule has 0 aromatic heterocycles. The molecule has 0 spiro atoms. The van der Waals surface area contributed by atoms with Gasteiger partial charge in [0.25, 0.3) is 0 Å². The number of aliphatic carboxylic acids is 1. The highest BCUT2D eigenvalue weighted by Gasteiger charge is 2.39. The number of carboxylic acids is 1. The Labute approximate surface area is 392 Å². The fraction of sp³-hybridized carbons (Fsp3) is 0.551. The number of carbonyl (C=O) groups excluding carboxylic acids is 5. The van der Waals surface area contributed by atoms with Gasteiger partial charge >= 0.3 is 18.0 Å². The number of rotatable bonds is 30. The summed E-state index contributed by atoms with van der Waals surface area (Å²) in [6.07, 6.45) is 8.61. The van der Waals surface area contributed by atoms with E-state index in [-0.39, 0.29) is 81.6 Å². The first-order chi connectivity index (χ1) is 32.0. The third-order valence-electron chi connectivity index (χ3n) is 11.0. The molecule has 2 aromatic carbocycles. The van der Waals surface area contributed by atoms with Gasteiger partial charge in [0.15, 0.2) is 0 Å². The summed E-state index contributed by atoms with van der Waals surface area (Å²) in [6.45, 7) is 4.60.